The van der Waals surface area contributed by atoms with E-state index in [1.165, 1.54) is 10.9 Å². The summed E-state index contributed by atoms with van der Waals surface area (Å²) in [5.41, 5.74) is 6.40. The van der Waals surface area contributed by atoms with E-state index >= 15 is 0 Å². The third-order valence-corrected chi connectivity index (χ3v) is 4.40. The van der Waals surface area contributed by atoms with Gasteiger partial charge in [-0.1, -0.05) is 6.92 Å². The smallest absolute Gasteiger partial charge is 0.246 e. The highest BCUT2D eigenvalue weighted by Crippen LogP contribution is 2.17. The summed E-state index contributed by atoms with van der Waals surface area (Å²) in [6.45, 7) is 6.11. The molecule has 0 aliphatic carbocycles. The number of nitrogens with one attached hydrogen (secondary N) is 1. The summed E-state index contributed by atoms with van der Waals surface area (Å²) >= 11 is 0. The SMILES string of the molecule is CCCn1cc(S(=O)(=O)NCc2nc(C)c(C)o2)c(N)n1. The number of nitrogen functional groups attached to an aromatic ring is 1. The number of oxazole rings is 1. The van der Waals surface area contributed by atoms with E-state index < -0.39 is 10.0 Å². The molecule has 0 spiro atoms. The summed E-state index contributed by atoms with van der Waals surface area (Å²) in [5, 5.41) is 3.98. The van der Waals surface area contributed by atoms with E-state index in [1.54, 1.807) is 13.8 Å². The van der Waals surface area contributed by atoms with Crippen LogP contribution in [0.4, 0.5) is 5.82 Å². The van der Waals surface area contributed by atoms with Crippen molar-refractivity contribution in [3.63, 3.8) is 0 Å². The fraction of sp³-hybridized carbons (Fsp3) is 0.500. The summed E-state index contributed by atoms with van der Waals surface area (Å²) in [4.78, 5) is 4.09. The normalized spacial score (nSPS) is 12.0. The summed E-state index contributed by atoms with van der Waals surface area (Å²) in [7, 11) is -3.75. The van der Waals surface area contributed by atoms with Crippen molar-refractivity contribution in [1.29, 1.82) is 0 Å². The lowest BCUT2D eigenvalue weighted by atomic mass is 10.4. The molecule has 8 nitrogen and oxygen atoms in total. The van der Waals surface area contributed by atoms with E-state index in [0.717, 1.165) is 12.1 Å². The van der Waals surface area contributed by atoms with Crippen LogP contribution < -0.4 is 10.5 Å². The second-order valence-electron chi connectivity index (χ2n) is 4.72. The molecule has 0 aliphatic rings. The van der Waals surface area contributed by atoms with Gasteiger partial charge in [-0.15, -0.1) is 0 Å². The van der Waals surface area contributed by atoms with E-state index in [4.69, 9.17) is 10.2 Å². The number of aryl methyl sites for hydroxylation is 3. The molecule has 0 aliphatic heterocycles. The predicted molar refractivity (Wildman–Crippen MR) is 76.9 cm³/mol. The minimum Gasteiger partial charge on any atom is -0.444 e. The molecule has 0 saturated heterocycles. The molecule has 2 aromatic heterocycles. The summed E-state index contributed by atoms with van der Waals surface area (Å²) in [6, 6.07) is 0. The quantitative estimate of drug-likeness (QED) is 0.820. The van der Waals surface area contributed by atoms with Crippen LogP contribution in [-0.4, -0.2) is 23.2 Å². The third kappa shape index (κ3) is 3.42. The highest BCUT2D eigenvalue weighted by molar-refractivity contribution is 7.89. The van der Waals surface area contributed by atoms with Gasteiger partial charge in [0, 0.05) is 12.7 Å². The van der Waals surface area contributed by atoms with Crippen LogP contribution >= 0.6 is 0 Å². The molecular formula is C12H19N5O3S. The van der Waals surface area contributed by atoms with Crippen LogP contribution in [0.2, 0.25) is 0 Å². The maximum Gasteiger partial charge on any atom is 0.246 e. The minimum atomic E-state index is -3.75. The van der Waals surface area contributed by atoms with Gasteiger partial charge in [-0.2, -0.15) is 5.10 Å². The van der Waals surface area contributed by atoms with Gasteiger partial charge in [0.05, 0.1) is 12.2 Å². The molecule has 0 radical (unpaired) electrons. The Morgan fingerprint density at radius 2 is 2.14 bits per heavy atom. The molecule has 3 N–H and O–H groups in total. The fourth-order valence-electron chi connectivity index (χ4n) is 1.82. The van der Waals surface area contributed by atoms with E-state index in [9.17, 15) is 8.42 Å². The molecule has 2 heterocycles. The van der Waals surface area contributed by atoms with Crippen LogP contribution in [0.25, 0.3) is 0 Å². The van der Waals surface area contributed by atoms with Crippen molar-refractivity contribution in [3.05, 3.63) is 23.5 Å². The monoisotopic (exact) mass is 313 g/mol. The van der Waals surface area contributed by atoms with Gasteiger partial charge in [0.15, 0.2) is 5.82 Å². The Morgan fingerprint density at radius 3 is 2.71 bits per heavy atom. The average molecular weight is 313 g/mol. The maximum atomic E-state index is 12.2. The number of hydrogen-bond donors (Lipinski definition) is 2. The molecule has 0 atom stereocenters. The zero-order valence-corrected chi connectivity index (χ0v) is 13.1. The highest BCUT2D eigenvalue weighted by Gasteiger charge is 2.21. The summed E-state index contributed by atoms with van der Waals surface area (Å²) < 4.78 is 33.7. The number of anilines is 1. The van der Waals surface area contributed by atoms with Crippen molar-refractivity contribution in [1.82, 2.24) is 19.5 Å². The lowest BCUT2D eigenvalue weighted by Crippen LogP contribution is -2.23. The van der Waals surface area contributed by atoms with Crippen LogP contribution in [0.15, 0.2) is 15.5 Å². The largest absolute Gasteiger partial charge is 0.444 e. The number of rotatable bonds is 6. The molecule has 2 rings (SSSR count). The van der Waals surface area contributed by atoms with Gasteiger partial charge in [0.2, 0.25) is 15.9 Å². The maximum absolute atomic E-state index is 12.2. The first-order chi connectivity index (χ1) is 9.83. The fourth-order valence-corrected chi connectivity index (χ4v) is 2.86. The molecule has 0 bridgehead atoms. The van der Waals surface area contributed by atoms with Crippen molar-refractivity contribution in [3.8, 4) is 0 Å². The molecule has 9 heteroatoms. The van der Waals surface area contributed by atoms with Crippen molar-refractivity contribution in [2.45, 2.75) is 45.2 Å². The number of nitrogens with zero attached hydrogens (tertiary/aromatic N) is 3. The lowest BCUT2D eigenvalue weighted by Gasteiger charge is -2.02. The summed E-state index contributed by atoms with van der Waals surface area (Å²) in [6.07, 6.45) is 2.26. The first-order valence-electron chi connectivity index (χ1n) is 6.59. The average Bonchev–Trinajstić information content (AvgIpc) is 2.92. The number of nitrogens with two attached hydrogens (primary N) is 1. The topological polar surface area (TPSA) is 116 Å². The Kier molecular flexibility index (Phi) is 4.33. The molecule has 0 amide bonds. The van der Waals surface area contributed by atoms with Crippen molar-refractivity contribution < 1.29 is 12.8 Å². The van der Waals surface area contributed by atoms with Crippen LogP contribution in [0.5, 0.6) is 0 Å². The van der Waals surface area contributed by atoms with Gasteiger partial charge in [-0.3, -0.25) is 4.68 Å². The van der Waals surface area contributed by atoms with Crippen LogP contribution in [0.3, 0.4) is 0 Å². The number of aromatic nitrogens is 3. The highest BCUT2D eigenvalue weighted by atomic mass is 32.2. The summed E-state index contributed by atoms with van der Waals surface area (Å²) in [5.74, 6) is 0.961. The Bertz CT molecular complexity index is 713. The van der Waals surface area contributed by atoms with Crippen molar-refractivity contribution in [2.75, 3.05) is 5.73 Å². The van der Waals surface area contributed by atoms with Gasteiger partial charge >= 0.3 is 0 Å². The Labute approximate surface area is 123 Å². The van der Waals surface area contributed by atoms with Crippen molar-refractivity contribution in [2.24, 2.45) is 0 Å². The van der Waals surface area contributed by atoms with E-state index in [2.05, 4.69) is 14.8 Å². The van der Waals surface area contributed by atoms with Crippen molar-refractivity contribution >= 4 is 15.8 Å². The molecule has 0 aromatic carbocycles. The molecule has 0 fully saturated rings. The lowest BCUT2D eigenvalue weighted by molar-refractivity contribution is 0.463. The first-order valence-corrected chi connectivity index (χ1v) is 8.07. The van der Waals surface area contributed by atoms with E-state index in [0.29, 0.717) is 18.2 Å². The number of sulfonamides is 1. The van der Waals surface area contributed by atoms with Crippen LogP contribution in [0, 0.1) is 13.8 Å². The number of hydrogen-bond acceptors (Lipinski definition) is 6. The molecule has 21 heavy (non-hydrogen) atoms. The third-order valence-electron chi connectivity index (χ3n) is 2.98. The molecule has 0 saturated carbocycles. The molecule has 2 aromatic rings. The first kappa shape index (κ1) is 15.5. The molecular weight excluding hydrogens is 294 g/mol. The van der Waals surface area contributed by atoms with Gasteiger partial charge < -0.3 is 10.2 Å². The molecule has 0 unspecified atom stereocenters. The zero-order valence-electron chi connectivity index (χ0n) is 12.3. The van der Waals surface area contributed by atoms with Crippen LogP contribution in [0.1, 0.15) is 30.7 Å². The second-order valence-corrected chi connectivity index (χ2v) is 6.45. The molecule has 116 valence electrons. The van der Waals surface area contributed by atoms with E-state index in [-0.39, 0.29) is 17.3 Å². The Hall–Kier alpha value is -1.87. The Morgan fingerprint density at radius 1 is 1.43 bits per heavy atom. The van der Waals surface area contributed by atoms with E-state index in [1.807, 2.05) is 6.92 Å². The minimum absolute atomic E-state index is 0.0179. The van der Waals surface area contributed by atoms with Gasteiger partial charge in [-0.05, 0) is 20.3 Å². The van der Waals surface area contributed by atoms with Gasteiger partial charge in [0.25, 0.3) is 0 Å². The van der Waals surface area contributed by atoms with Gasteiger partial charge in [-0.25, -0.2) is 18.1 Å². The van der Waals surface area contributed by atoms with Crippen LogP contribution in [-0.2, 0) is 23.1 Å². The predicted octanol–water partition coefficient (Wildman–Crippen LogP) is 0.959. The Balaban J connectivity index is 2.14. The standard InChI is InChI=1S/C12H19N5O3S/c1-4-5-17-7-10(12(13)16-17)21(18,19)14-6-11-15-8(2)9(3)20-11/h7,14H,4-6H2,1-3H3,(H2,13,16). The zero-order chi connectivity index (χ0) is 15.6. The van der Waals surface area contributed by atoms with Gasteiger partial charge in [0.1, 0.15) is 10.7 Å². The second kappa shape index (κ2) is 5.86.